The zero-order valence-electron chi connectivity index (χ0n) is 7.72. The van der Waals surface area contributed by atoms with Crippen molar-refractivity contribution in [2.75, 3.05) is 32.5 Å². The molecule has 0 aromatic carbocycles. The van der Waals surface area contributed by atoms with Crippen molar-refractivity contribution in [3.8, 4) is 0 Å². The van der Waals surface area contributed by atoms with Crippen LogP contribution in [0.1, 0.15) is 12.8 Å². The van der Waals surface area contributed by atoms with E-state index in [9.17, 15) is 4.79 Å². The number of halogens is 1. The first-order chi connectivity index (χ1) is 5.48. The lowest BCUT2D eigenvalue weighted by molar-refractivity contribution is -0.887. The Bertz CT molecular complexity index is 148. The van der Waals surface area contributed by atoms with Crippen LogP contribution >= 0.6 is 15.9 Å². The van der Waals surface area contributed by atoms with Crippen molar-refractivity contribution in [1.29, 1.82) is 0 Å². The molecule has 4 heteroatoms. The molecule has 0 aliphatic rings. The Kier molecular flexibility index (Phi) is 5.50. The van der Waals surface area contributed by atoms with E-state index >= 15 is 0 Å². The van der Waals surface area contributed by atoms with Crippen LogP contribution in [0.25, 0.3) is 0 Å². The molecule has 0 atom stereocenters. The zero-order chi connectivity index (χ0) is 9.61. The fourth-order valence-electron chi connectivity index (χ4n) is 0.999. The number of carboxylic acids is 1. The maximum absolute atomic E-state index is 10.2. The number of quaternary nitrogens is 1. The molecular weight excluding hydrogens is 222 g/mol. The minimum Gasteiger partial charge on any atom is -0.481 e. The van der Waals surface area contributed by atoms with E-state index < -0.39 is 5.97 Å². The Hall–Kier alpha value is -0.0900. The van der Waals surface area contributed by atoms with Crippen molar-refractivity contribution in [1.82, 2.24) is 0 Å². The van der Waals surface area contributed by atoms with Crippen LogP contribution in [-0.4, -0.2) is 48.1 Å². The van der Waals surface area contributed by atoms with Crippen LogP contribution in [0.2, 0.25) is 0 Å². The minimum absolute atomic E-state index is 0.282. The zero-order valence-corrected chi connectivity index (χ0v) is 9.30. The van der Waals surface area contributed by atoms with Gasteiger partial charge < -0.3 is 9.59 Å². The molecule has 0 radical (unpaired) electrons. The Balaban J connectivity index is 3.53. The quantitative estimate of drug-likeness (QED) is 0.560. The maximum Gasteiger partial charge on any atom is 0.303 e. The summed E-state index contributed by atoms with van der Waals surface area (Å²) in [5.41, 5.74) is 0. The first-order valence-corrected chi connectivity index (χ1v) is 5.20. The summed E-state index contributed by atoms with van der Waals surface area (Å²) in [7, 11) is 4.23. The fourth-order valence-corrected chi connectivity index (χ4v) is 1.96. The molecule has 0 bridgehead atoms. The molecule has 1 N–H and O–H groups in total. The third-order valence-electron chi connectivity index (χ3n) is 1.84. The van der Waals surface area contributed by atoms with Gasteiger partial charge in [0.05, 0.1) is 38.9 Å². The van der Waals surface area contributed by atoms with Crippen molar-refractivity contribution >= 4 is 21.9 Å². The van der Waals surface area contributed by atoms with Gasteiger partial charge in [0, 0.05) is 6.42 Å². The summed E-state index contributed by atoms with van der Waals surface area (Å²) in [6.07, 6.45) is 1.04. The van der Waals surface area contributed by atoms with Gasteiger partial charge in [-0.25, -0.2) is 0 Å². The predicted molar refractivity (Wildman–Crippen MR) is 52.5 cm³/mol. The first-order valence-electron chi connectivity index (χ1n) is 4.08. The molecule has 12 heavy (non-hydrogen) atoms. The van der Waals surface area contributed by atoms with E-state index in [2.05, 4.69) is 30.0 Å². The van der Waals surface area contributed by atoms with Gasteiger partial charge in [-0.3, -0.25) is 4.79 Å². The number of aliphatic carboxylic acids is 1. The summed E-state index contributed by atoms with van der Waals surface area (Å²) in [5.74, 6) is -0.700. The maximum atomic E-state index is 10.2. The van der Waals surface area contributed by atoms with Gasteiger partial charge in [0.1, 0.15) is 0 Å². The highest BCUT2D eigenvalue weighted by Gasteiger charge is 2.13. The summed E-state index contributed by atoms with van der Waals surface area (Å²) >= 11 is 3.37. The largest absolute Gasteiger partial charge is 0.481 e. The second-order valence-electron chi connectivity index (χ2n) is 3.57. The van der Waals surface area contributed by atoms with Gasteiger partial charge in [0.25, 0.3) is 0 Å². The number of alkyl halides is 1. The predicted octanol–water partition coefficient (Wildman–Crippen LogP) is 1.32. The number of rotatable bonds is 6. The molecular formula is C8H17BrNO2+. The van der Waals surface area contributed by atoms with Crippen molar-refractivity contribution in [3.05, 3.63) is 0 Å². The van der Waals surface area contributed by atoms with Crippen LogP contribution in [-0.2, 0) is 4.79 Å². The van der Waals surface area contributed by atoms with Crippen LogP contribution in [0.5, 0.6) is 0 Å². The highest BCUT2D eigenvalue weighted by Crippen LogP contribution is 2.02. The van der Waals surface area contributed by atoms with Crippen molar-refractivity contribution < 1.29 is 14.4 Å². The van der Waals surface area contributed by atoms with E-state index in [1.165, 1.54) is 0 Å². The molecule has 0 unspecified atom stereocenters. The van der Waals surface area contributed by atoms with Crippen LogP contribution in [0.3, 0.4) is 0 Å². The van der Waals surface area contributed by atoms with E-state index in [4.69, 9.17) is 5.11 Å². The van der Waals surface area contributed by atoms with E-state index in [1.807, 2.05) is 0 Å². The van der Waals surface area contributed by atoms with Gasteiger partial charge in [0.2, 0.25) is 0 Å². The molecule has 0 rings (SSSR count). The van der Waals surface area contributed by atoms with Crippen molar-refractivity contribution in [3.63, 3.8) is 0 Å². The third-order valence-corrected chi connectivity index (χ3v) is 2.20. The van der Waals surface area contributed by atoms with Crippen molar-refractivity contribution in [2.45, 2.75) is 12.8 Å². The molecule has 3 nitrogen and oxygen atoms in total. The third kappa shape index (κ3) is 6.61. The molecule has 72 valence electrons. The second-order valence-corrected chi connectivity index (χ2v) is 4.36. The molecule has 0 spiro atoms. The Labute approximate surface area is 82.1 Å². The monoisotopic (exact) mass is 238 g/mol. The molecule has 0 heterocycles. The molecule has 0 saturated carbocycles. The summed E-state index contributed by atoms with van der Waals surface area (Å²) in [6, 6.07) is 0. The summed E-state index contributed by atoms with van der Waals surface area (Å²) < 4.78 is 0.887. The average molecular weight is 239 g/mol. The van der Waals surface area contributed by atoms with E-state index in [1.54, 1.807) is 0 Å². The first kappa shape index (κ1) is 11.9. The Morgan fingerprint density at radius 2 is 2.00 bits per heavy atom. The normalized spacial score (nSPS) is 11.6. The van der Waals surface area contributed by atoms with E-state index in [0.29, 0.717) is 0 Å². The number of hydrogen-bond acceptors (Lipinski definition) is 1. The topological polar surface area (TPSA) is 37.3 Å². The van der Waals surface area contributed by atoms with Gasteiger partial charge in [-0.2, -0.15) is 0 Å². The molecule has 0 saturated heterocycles. The van der Waals surface area contributed by atoms with Gasteiger partial charge >= 0.3 is 5.97 Å². The summed E-state index contributed by atoms with van der Waals surface area (Å²) in [6.45, 7) is 1.97. The number of nitrogens with zero attached hydrogens (tertiary/aromatic N) is 1. The number of carboxylic acid groups (broad SMARTS) is 1. The molecule has 0 aliphatic carbocycles. The molecule has 0 aromatic rings. The smallest absolute Gasteiger partial charge is 0.303 e. The van der Waals surface area contributed by atoms with E-state index in [0.717, 1.165) is 29.3 Å². The average Bonchev–Trinajstić information content (AvgIpc) is 1.85. The molecule has 0 amide bonds. The van der Waals surface area contributed by atoms with Gasteiger partial charge in [-0.05, 0) is 0 Å². The second kappa shape index (κ2) is 5.54. The lowest BCUT2D eigenvalue weighted by atomic mass is 10.3. The molecule has 0 fully saturated rings. The fraction of sp³-hybridized carbons (Fsp3) is 0.875. The van der Waals surface area contributed by atoms with E-state index in [-0.39, 0.29) is 6.42 Å². The lowest BCUT2D eigenvalue weighted by Crippen LogP contribution is -2.42. The molecule has 0 aromatic heterocycles. The highest BCUT2D eigenvalue weighted by molar-refractivity contribution is 9.09. The summed E-state index contributed by atoms with van der Waals surface area (Å²) in [4.78, 5) is 10.2. The lowest BCUT2D eigenvalue weighted by Gasteiger charge is -2.28. The SMILES string of the molecule is C[N+](C)(CCBr)CCCC(=O)O. The van der Waals surface area contributed by atoms with Crippen LogP contribution in [0.4, 0.5) is 0 Å². The van der Waals surface area contributed by atoms with Gasteiger partial charge in [0.15, 0.2) is 0 Å². The number of hydrogen-bond donors (Lipinski definition) is 1. The van der Waals surface area contributed by atoms with Crippen LogP contribution in [0, 0.1) is 0 Å². The standard InChI is InChI=1S/C8H16BrNO2/c1-10(2,7-5-9)6-3-4-8(11)12/h3-7H2,1-2H3/p+1. The van der Waals surface area contributed by atoms with Gasteiger partial charge in [-0.1, -0.05) is 15.9 Å². The van der Waals surface area contributed by atoms with Crippen LogP contribution in [0.15, 0.2) is 0 Å². The number of carbonyl (C=O) groups is 1. The van der Waals surface area contributed by atoms with Crippen LogP contribution < -0.4 is 0 Å². The van der Waals surface area contributed by atoms with Gasteiger partial charge in [-0.15, -0.1) is 0 Å². The molecule has 0 aliphatic heterocycles. The highest BCUT2D eigenvalue weighted by atomic mass is 79.9. The van der Waals surface area contributed by atoms with Crippen molar-refractivity contribution in [2.24, 2.45) is 0 Å². The summed E-state index contributed by atoms with van der Waals surface area (Å²) in [5, 5.41) is 9.39. The Morgan fingerprint density at radius 1 is 1.42 bits per heavy atom. The minimum atomic E-state index is -0.700. The Morgan fingerprint density at radius 3 is 2.42 bits per heavy atom.